The van der Waals surface area contributed by atoms with Gasteiger partial charge in [0.1, 0.15) is 0 Å². The summed E-state index contributed by atoms with van der Waals surface area (Å²) in [6.45, 7) is 17.7. The van der Waals surface area contributed by atoms with Crippen molar-refractivity contribution in [3.8, 4) is 0 Å². The molecule has 0 saturated heterocycles. The second-order valence-electron chi connectivity index (χ2n) is 6.22. The van der Waals surface area contributed by atoms with E-state index in [4.69, 9.17) is 0 Å². The van der Waals surface area contributed by atoms with E-state index in [-0.39, 0.29) is 24.8 Å². The lowest BCUT2D eigenvalue weighted by Crippen LogP contribution is -2.22. The predicted molar refractivity (Wildman–Crippen MR) is 101 cm³/mol. The first-order valence-electron chi connectivity index (χ1n) is 7.41. The van der Waals surface area contributed by atoms with Crippen molar-refractivity contribution in [2.75, 3.05) is 13.1 Å². The summed E-state index contributed by atoms with van der Waals surface area (Å²) < 4.78 is 0. The standard InChI is InChI=1S/C16H30N2S.2ClH/c1-11(2)7-17-9-15-13(5)19-14(6)16(15)10-18-8-12(3)4;;/h11-12,17-18H,7-10H2,1-6H3;2*1H. The van der Waals surface area contributed by atoms with Gasteiger partial charge in [-0.25, -0.2) is 0 Å². The minimum Gasteiger partial charge on any atom is -0.312 e. The summed E-state index contributed by atoms with van der Waals surface area (Å²) in [6, 6.07) is 0. The Labute approximate surface area is 147 Å². The number of hydrogen-bond acceptors (Lipinski definition) is 3. The Bertz CT molecular complexity index is 355. The summed E-state index contributed by atoms with van der Waals surface area (Å²) in [5.41, 5.74) is 3.03. The van der Waals surface area contributed by atoms with Crippen molar-refractivity contribution in [1.29, 1.82) is 0 Å². The molecule has 0 atom stereocenters. The number of hydrogen-bond donors (Lipinski definition) is 2. The van der Waals surface area contributed by atoms with Crippen LogP contribution in [0.15, 0.2) is 0 Å². The van der Waals surface area contributed by atoms with Gasteiger partial charge in [-0.2, -0.15) is 0 Å². The molecule has 1 aromatic rings. The Morgan fingerprint density at radius 1 is 0.762 bits per heavy atom. The van der Waals surface area contributed by atoms with Crippen LogP contribution in [0.3, 0.4) is 0 Å². The Morgan fingerprint density at radius 3 is 1.38 bits per heavy atom. The van der Waals surface area contributed by atoms with E-state index in [1.807, 2.05) is 11.3 Å². The first kappa shape index (κ1) is 23.5. The molecule has 126 valence electrons. The Balaban J connectivity index is 0. The van der Waals surface area contributed by atoms with E-state index in [1.165, 1.54) is 20.9 Å². The largest absolute Gasteiger partial charge is 0.312 e. The molecular formula is C16H32Cl2N2S. The van der Waals surface area contributed by atoms with Crippen molar-refractivity contribution in [1.82, 2.24) is 10.6 Å². The van der Waals surface area contributed by atoms with Crippen molar-refractivity contribution >= 4 is 36.2 Å². The summed E-state index contributed by atoms with van der Waals surface area (Å²) in [5, 5.41) is 7.15. The van der Waals surface area contributed by atoms with Gasteiger partial charge in [0.2, 0.25) is 0 Å². The van der Waals surface area contributed by atoms with Crippen LogP contribution >= 0.6 is 36.2 Å². The first-order valence-corrected chi connectivity index (χ1v) is 8.22. The molecule has 0 aliphatic rings. The van der Waals surface area contributed by atoms with E-state index < -0.39 is 0 Å². The maximum Gasteiger partial charge on any atom is 0.0219 e. The van der Waals surface area contributed by atoms with E-state index in [1.54, 1.807) is 0 Å². The lowest BCUT2D eigenvalue weighted by molar-refractivity contribution is 0.539. The molecule has 0 unspecified atom stereocenters. The van der Waals surface area contributed by atoms with Gasteiger partial charge in [-0.05, 0) is 49.9 Å². The van der Waals surface area contributed by atoms with E-state index in [0.29, 0.717) is 11.8 Å². The Hall–Kier alpha value is 0.200. The van der Waals surface area contributed by atoms with Crippen LogP contribution in [0.1, 0.15) is 48.6 Å². The third-order valence-corrected chi connectivity index (χ3v) is 4.33. The summed E-state index contributed by atoms with van der Waals surface area (Å²) in [7, 11) is 0. The van der Waals surface area contributed by atoms with Crippen molar-refractivity contribution in [2.24, 2.45) is 11.8 Å². The van der Waals surface area contributed by atoms with Crippen LogP contribution in [-0.2, 0) is 13.1 Å². The maximum atomic E-state index is 3.57. The molecular weight excluding hydrogens is 323 g/mol. The molecule has 0 aliphatic carbocycles. The lowest BCUT2D eigenvalue weighted by atomic mass is 10.1. The summed E-state index contributed by atoms with van der Waals surface area (Å²) >= 11 is 1.93. The summed E-state index contributed by atoms with van der Waals surface area (Å²) in [4.78, 5) is 2.94. The minimum absolute atomic E-state index is 0. The van der Waals surface area contributed by atoms with Crippen molar-refractivity contribution in [3.63, 3.8) is 0 Å². The molecule has 1 heterocycles. The lowest BCUT2D eigenvalue weighted by Gasteiger charge is -2.12. The number of halogens is 2. The molecule has 21 heavy (non-hydrogen) atoms. The third kappa shape index (κ3) is 8.41. The average Bonchev–Trinajstić information content (AvgIpc) is 2.54. The van der Waals surface area contributed by atoms with Crippen LogP contribution in [0.2, 0.25) is 0 Å². The van der Waals surface area contributed by atoms with Crippen molar-refractivity contribution < 1.29 is 0 Å². The van der Waals surface area contributed by atoms with Gasteiger partial charge in [0.05, 0.1) is 0 Å². The van der Waals surface area contributed by atoms with E-state index in [9.17, 15) is 0 Å². The van der Waals surface area contributed by atoms with Gasteiger partial charge in [0.25, 0.3) is 0 Å². The number of nitrogens with one attached hydrogen (secondary N) is 2. The first-order chi connectivity index (χ1) is 8.91. The van der Waals surface area contributed by atoms with Gasteiger partial charge in [0.15, 0.2) is 0 Å². The highest BCUT2D eigenvalue weighted by Crippen LogP contribution is 2.27. The number of aryl methyl sites for hydroxylation is 2. The normalized spacial score (nSPS) is 10.7. The van der Waals surface area contributed by atoms with Crippen LogP contribution in [-0.4, -0.2) is 13.1 Å². The Morgan fingerprint density at radius 2 is 1.10 bits per heavy atom. The molecule has 0 amide bonds. The zero-order chi connectivity index (χ0) is 14.4. The fraction of sp³-hybridized carbons (Fsp3) is 0.750. The zero-order valence-corrected chi connectivity index (χ0v) is 16.7. The highest BCUT2D eigenvalue weighted by molar-refractivity contribution is 7.12. The molecule has 0 fully saturated rings. The second-order valence-corrected chi connectivity index (χ2v) is 7.65. The third-order valence-electron chi connectivity index (χ3n) is 3.23. The van der Waals surface area contributed by atoms with Crippen LogP contribution in [0.4, 0.5) is 0 Å². The molecule has 5 heteroatoms. The van der Waals surface area contributed by atoms with Crippen molar-refractivity contribution in [3.05, 3.63) is 20.9 Å². The second kappa shape index (κ2) is 11.7. The molecule has 0 saturated carbocycles. The SMILES string of the molecule is Cc1sc(C)c(CNCC(C)C)c1CNCC(C)C.Cl.Cl. The minimum atomic E-state index is 0. The van der Waals surface area contributed by atoms with Gasteiger partial charge >= 0.3 is 0 Å². The molecule has 0 bridgehead atoms. The monoisotopic (exact) mass is 354 g/mol. The van der Waals surface area contributed by atoms with Crippen LogP contribution in [0.5, 0.6) is 0 Å². The fourth-order valence-corrected chi connectivity index (χ4v) is 3.31. The van der Waals surface area contributed by atoms with Gasteiger partial charge in [0, 0.05) is 22.8 Å². The van der Waals surface area contributed by atoms with E-state index in [2.05, 4.69) is 52.2 Å². The number of rotatable bonds is 8. The topological polar surface area (TPSA) is 24.1 Å². The quantitative estimate of drug-likeness (QED) is 0.706. The van der Waals surface area contributed by atoms with Crippen LogP contribution in [0, 0.1) is 25.7 Å². The van der Waals surface area contributed by atoms with E-state index >= 15 is 0 Å². The molecule has 1 rings (SSSR count). The highest BCUT2D eigenvalue weighted by Gasteiger charge is 2.12. The zero-order valence-electron chi connectivity index (χ0n) is 14.2. The molecule has 0 spiro atoms. The smallest absolute Gasteiger partial charge is 0.0219 e. The average molecular weight is 355 g/mol. The molecule has 2 nitrogen and oxygen atoms in total. The van der Waals surface area contributed by atoms with Crippen LogP contribution in [0.25, 0.3) is 0 Å². The van der Waals surface area contributed by atoms with Gasteiger partial charge < -0.3 is 10.6 Å². The molecule has 2 N–H and O–H groups in total. The molecule has 0 aromatic carbocycles. The molecule has 0 radical (unpaired) electrons. The van der Waals surface area contributed by atoms with Gasteiger partial charge in [-0.15, -0.1) is 36.2 Å². The van der Waals surface area contributed by atoms with Crippen molar-refractivity contribution in [2.45, 2.75) is 54.6 Å². The summed E-state index contributed by atoms with van der Waals surface area (Å²) in [6.07, 6.45) is 0. The fourth-order valence-electron chi connectivity index (χ4n) is 2.21. The van der Waals surface area contributed by atoms with E-state index in [0.717, 1.165) is 26.2 Å². The predicted octanol–water partition coefficient (Wildman–Crippen LogP) is 4.70. The maximum absolute atomic E-state index is 3.57. The molecule has 1 aromatic heterocycles. The van der Waals surface area contributed by atoms with Crippen LogP contribution < -0.4 is 10.6 Å². The summed E-state index contributed by atoms with van der Waals surface area (Å²) in [5.74, 6) is 1.42. The van der Waals surface area contributed by atoms with Gasteiger partial charge in [-0.3, -0.25) is 0 Å². The molecule has 0 aliphatic heterocycles. The Kier molecular flexibility index (Phi) is 13.1. The highest BCUT2D eigenvalue weighted by atomic mass is 35.5. The van der Waals surface area contributed by atoms with Gasteiger partial charge in [-0.1, -0.05) is 27.7 Å². The number of thiophene rings is 1.